The summed E-state index contributed by atoms with van der Waals surface area (Å²) in [6.07, 6.45) is 0. The average molecular weight is 734 g/mol. The first-order valence-corrected chi connectivity index (χ1v) is 19.5. The molecule has 3 heterocycles. The number of benzene rings is 8. The van der Waals surface area contributed by atoms with E-state index in [2.05, 4.69) is 170 Å². The highest BCUT2D eigenvalue weighted by Gasteiger charge is 2.19. The zero-order valence-electron chi connectivity index (χ0n) is 30.1. The fraction of sp³-hybridized carbons (Fsp3) is 0. The second-order valence-corrected chi connectivity index (χ2v) is 15.0. The molecule has 0 aliphatic rings. The van der Waals surface area contributed by atoms with Gasteiger partial charge in [-0.2, -0.15) is 0 Å². The standard InChI is InChI=1S/C51H31N3OS/c1-2-13-33(14-3-1)37-17-4-5-20-43(37)50-52-49(53-51(54-50)44-24-12-23-42-40-19-7-9-26-46(40)56-48(42)44)34-29-27-32(28-30-34)35-15-10-16-36(31-35)38-21-11-22-41-39-18-6-8-25-45(39)55-47(38)41/h1-31H. The molecule has 0 amide bonds. The molecular weight excluding hydrogens is 703 g/mol. The van der Waals surface area contributed by atoms with Gasteiger partial charge in [-0.1, -0.05) is 164 Å². The molecule has 0 N–H and O–H groups in total. The predicted molar refractivity (Wildman–Crippen MR) is 233 cm³/mol. The number of hydrogen-bond donors (Lipinski definition) is 0. The van der Waals surface area contributed by atoms with Crippen LogP contribution in [0.3, 0.4) is 0 Å². The number of furan rings is 1. The Kier molecular flexibility index (Phi) is 7.64. The molecule has 11 rings (SSSR count). The van der Waals surface area contributed by atoms with E-state index in [-0.39, 0.29) is 0 Å². The average Bonchev–Trinajstić information content (AvgIpc) is 3.85. The van der Waals surface area contributed by atoms with Crippen molar-refractivity contribution >= 4 is 53.4 Å². The normalized spacial score (nSPS) is 11.6. The van der Waals surface area contributed by atoms with Crippen LogP contribution < -0.4 is 0 Å². The van der Waals surface area contributed by atoms with E-state index in [0.29, 0.717) is 17.5 Å². The van der Waals surface area contributed by atoms with Crippen LogP contribution in [0.5, 0.6) is 0 Å². The molecule has 5 heteroatoms. The Morgan fingerprint density at radius 3 is 1.77 bits per heavy atom. The maximum Gasteiger partial charge on any atom is 0.165 e. The summed E-state index contributed by atoms with van der Waals surface area (Å²) in [7, 11) is 0. The quantitative estimate of drug-likeness (QED) is 0.171. The number of fused-ring (bicyclic) bond motifs is 6. The number of aromatic nitrogens is 3. The number of rotatable bonds is 6. The molecular formula is C51H31N3OS. The van der Waals surface area contributed by atoms with Gasteiger partial charge in [-0.3, -0.25) is 0 Å². The third-order valence-corrected chi connectivity index (χ3v) is 11.8. The van der Waals surface area contributed by atoms with E-state index in [0.717, 1.165) is 72.0 Å². The van der Waals surface area contributed by atoms with Gasteiger partial charge in [0.25, 0.3) is 0 Å². The van der Waals surface area contributed by atoms with Crippen molar-refractivity contribution in [1.29, 1.82) is 0 Å². The maximum absolute atomic E-state index is 6.38. The number of para-hydroxylation sites is 2. The molecule has 0 unspecified atom stereocenters. The summed E-state index contributed by atoms with van der Waals surface area (Å²) >= 11 is 1.78. The van der Waals surface area contributed by atoms with Crippen LogP contribution in [0.4, 0.5) is 0 Å². The van der Waals surface area contributed by atoms with Gasteiger partial charge in [0.1, 0.15) is 11.2 Å². The molecule has 11 aromatic rings. The molecule has 4 nitrogen and oxygen atoms in total. The summed E-state index contributed by atoms with van der Waals surface area (Å²) in [4.78, 5) is 15.6. The van der Waals surface area contributed by atoms with E-state index >= 15 is 0 Å². The van der Waals surface area contributed by atoms with E-state index in [1.807, 2.05) is 18.2 Å². The Bertz CT molecular complexity index is 3250. The lowest BCUT2D eigenvalue weighted by molar-refractivity contribution is 0.670. The van der Waals surface area contributed by atoms with Crippen LogP contribution in [0.2, 0.25) is 0 Å². The molecule has 8 aromatic carbocycles. The summed E-state index contributed by atoms with van der Waals surface area (Å²) in [6, 6.07) is 65.6. The molecule has 0 atom stereocenters. The molecule has 56 heavy (non-hydrogen) atoms. The Hall–Kier alpha value is -7.21. The molecule has 0 aliphatic carbocycles. The van der Waals surface area contributed by atoms with Gasteiger partial charge < -0.3 is 4.42 Å². The molecule has 0 radical (unpaired) electrons. The van der Waals surface area contributed by atoms with Crippen LogP contribution in [0.25, 0.3) is 110 Å². The smallest absolute Gasteiger partial charge is 0.165 e. The third-order valence-electron chi connectivity index (χ3n) is 10.6. The lowest BCUT2D eigenvalue weighted by atomic mass is 9.97. The zero-order valence-corrected chi connectivity index (χ0v) is 30.9. The van der Waals surface area contributed by atoms with Gasteiger partial charge in [-0.15, -0.1) is 11.3 Å². The van der Waals surface area contributed by atoms with Crippen molar-refractivity contribution in [3.8, 4) is 67.5 Å². The van der Waals surface area contributed by atoms with Crippen LogP contribution in [0.1, 0.15) is 0 Å². The van der Waals surface area contributed by atoms with Gasteiger partial charge in [0.2, 0.25) is 0 Å². The SMILES string of the molecule is c1ccc(-c2ccccc2-c2nc(-c3ccc(-c4cccc(-c5cccc6c5oc5ccccc56)c4)cc3)nc(-c3cccc4c3sc3ccccc34)n2)cc1. The van der Waals surface area contributed by atoms with E-state index in [1.165, 1.54) is 20.2 Å². The van der Waals surface area contributed by atoms with Crippen molar-refractivity contribution in [3.05, 3.63) is 188 Å². The minimum atomic E-state index is 0.628. The van der Waals surface area contributed by atoms with E-state index in [9.17, 15) is 0 Å². The topological polar surface area (TPSA) is 51.8 Å². The van der Waals surface area contributed by atoms with Crippen LogP contribution in [-0.4, -0.2) is 15.0 Å². The zero-order chi connectivity index (χ0) is 37.0. The number of nitrogens with zero attached hydrogens (tertiary/aromatic N) is 3. The minimum Gasteiger partial charge on any atom is -0.455 e. The van der Waals surface area contributed by atoms with Crippen molar-refractivity contribution in [1.82, 2.24) is 15.0 Å². The van der Waals surface area contributed by atoms with Gasteiger partial charge in [0.05, 0.1) is 0 Å². The van der Waals surface area contributed by atoms with Crippen molar-refractivity contribution < 1.29 is 4.42 Å². The first-order chi connectivity index (χ1) is 27.7. The van der Waals surface area contributed by atoms with Crippen LogP contribution in [-0.2, 0) is 0 Å². The molecule has 0 saturated heterocycles. The molecule has 0 bridgehead atoms. The highest BCUT2D eigenvalue weighted by Crippen LogP contribution is 2.41. The third kappa shape index (κ3) is 5.48. The van der Waals surface area contributed by atoms with Crippen LogP contribution in [0, 0.1) is 0 Å². The molecule has 0 saturated carbocycles. The molecule has 0 fully saturated rings. The molecule has 3 aromatic heterocycles. The van der Waals surface area contributed by atoms with Crippen molar-refractivity contribution in [2.75, 3.05) is 0 Å². The van der Waals surface area contributed by atoms with Gasteiger partial charge in [0, 0.05) is 53.2 Å². The van der Waals surface area contributed by atoms with Gasteiger partial charge in [-0.25, -0.2) is 15.0 Å². The second kappa shape index (κ2) is 13.3. The van der Waals surface area contributed by atoms with Crippen LogP contribution >= 0.6 is 11.3 Å². The van der Waals surface area contributed by atoms with Gasteiger partial charge in [-0.05, 0) is 52.1 Å². The highest BCUT2D eigenvalue weighted by atomic mass is 32.1. The Morgan fingerprint density at radius 2 is 0.911 bits per heavy atom. The number of hydrogen-bond acceptors (Lipinski definition) is 5. The first-order valence-electron chi connectivity index (χ1n) is 18.7. The Balaban J connectivity index is 1.03. The summed E-state index contributed by atoms with van der Waals surface area (Å²) in [5.41, 5.74) is 11.3. The largest absolute Gasteiger partial charge is 0.455 e. The first kappa shape index (κ1) is 32.2. The second-order valence-electron chi connectivity index (χ2n) is 13.9. The molecule has 262 valence electrons. The van der Waals surface area contributed by atoms with Crippen molar-refractivity contribution in [2.24, 2.45) is 0 Å². The molecule has 0 spiro atoms. The maximum atomic E-state index is 6.38. The Morgan fingerprint density at radius 1 is 0.339 bits per heavy atom. The fourth-order valence-corrected chi connectivity index (χ4v) is 9.08. The van der Waals surface area contributed by atoms with E-state index in [4.69, 9.17) is 19.4 Å². The van der Waals surface area contributed by atoms with Gasteiger partial charge >= 0.3 is 0 Å². The monoisotopic (exact) mass is 733 g/mol. The summed E-state index contributed by atoms with van der Waals surface area (Å²) < 4.78 is 8.80. The summed E-state index contributed by atoms with van der Waals surface area (Å²) in [6.45, 7) is 0. The van der Waals surface area contributed by atoms with E-state index in [1.54, 1.807) is 11.3 Å². The van der Waals surface area contributed by atoms with Crippen molar-refractivity contribution in [3.63, 3.8) is 0 Å². The summed E-state index contributed by atoms with van der Waals surface area (Å²) in [5.74, 6) is 1.92. The number of thiophene rings is 1. The van der Waals surface area contributed by atoms with E-state index < -0.39 is 0 Å². The van der Waals surface area contributed by atoms with Gasteiger partial charge in [0.15, 0.2) is 17.5 Å². The highest BCUT2D eigenvalue weighted by molar-refractivity contribution is 7.26. The lowest BCUT2D eigenvalue weighted by Crippen LogP contribution is -2.01. The summed E-state index contributed by atoms with van der Waals surface area (Å²) in [5, 5.41) is 4.70. The fourth-order valence-electron chi connectivity index (χ4n) is 7.87. The Labute approximate surface area is 327 Å². The van der Waals surface area contributed by atoms with Crippen LogP contribution in [0.15, 0.2) is 192 Å². The van der Waals surface area contributed by atoms with Crippen molar-refractivity contribution in [2.45, 2.75) is 0 Å². The molecule has 0 aliphatic heterocycles. The predicted octanol–water partition coefficient (Wildman–Crippen LogP) is 14.1. The minimum absolute atomic E-state index is 0.628. The lowest BCUT2D eigenvalue weighted by Gasteiger charge is -2.13.